The lowest BCUT2D eigenvalue weighted by Gasteiger charge is -2.17. The molecule has 0 saturated heterocycles. The fraction of sp³-hybridized carbons (Fsp3) is 0.167. The van der Waals surface area contributed by atoms with Crippen molar-refractivity contribution in [2.24, 2.45) is 0 Å². The highest BCUT2D eigenvalue weighted by Gasteiger charge is 2.20. The molecule has 4 heteroatoms. The summed E-state index contributed by atoms with van der Waals surface area (Å²) >= 11 is 6.07. The fourth-order valence-electron chi connectivity index (χ4n) is 2.49. The van der Waals surface area contributed by atoms with Gasteiger partial charge in [0.05, 0.1) is 17.3 Å². The van der Waals surface area contributed by atoms with Crippen LogP contribution in [0.2, 0.25) is 5.02 Å². The van der Waals surface area contributed by atoms with E-state index < -0.39 is 0 Å². The lowest BCUT2D eigenvalue weighted by Crippen LogP contribution is -2.33. The minimum absolute atomic E-state index is 0.0714. The number of nitrogens with one attached hydrogen (secondary N) is 1. The highest BCUT2D eigenvalue weighted by Crippen LogP contribution is 2.22. The number of carbonyl (C=O) groups excluding carboxylic acids is 1. The van der Waals surface area contributed by atoms with Crippen LogP contribution < -0.4 is 5.32 Å². The summed E-state index contributed by atoms with van der Waals surface area (Å²) < 4.78 is 0. The number of hydrogen-bond donors (Lipinski definition) is 1. The van der Waals surface area contributed by atoms with Crippen LogP contribution in [0.25, 0.3) is 5.57 Å². The van der Waals surface area contributed by atoms with Crippen molar-refractivity contribution < 1.29 is 4.79 Å². The number of rotatable bonds is 4. The Bertz CT molecular complexity index is 697. The summed E-state index contributed by atoms with van der Waals surface area (Å²) in [6.07, 6.45) is 2.11. The minimum Gasteiger partial charge on any atom is -0.375 e. The molecular weight excluding hydrogens is 296 g/mol. The Labute approximate surface area is 135 Å². The van der Waals surface area contributed by atoms with Crippen LogP contribution in [0.3, 0.4) is 0 Å². The average Bonchev–Trinajstić information content (AvgIpc) is 3.05. The van der Waals surface area contributed by atoms with Crippen LogP contribution in [0.5, 0.6) is 0 Å². The molecule has 2 aromatic rings. The van der Waals surface area contributed by atoms with E-state index in [1.165, 1.54) is 11.1 Å². The average molecular weight is 313 g/mol. The topological polar surface area (TPSA) is 32.3 Å². The van der Waals surface area contributed by atoms with Gasteiger partial charge in [0.15, 0.2) is 0 Å². The van der Waals surface area contributed by atoms with Gasteiger partial charge in [-0.05, 0) is 23.3 Å². The second-order valence-corrected chi connectivity index (χ2v) is 5.61. The van der Waals surface area contributed by atoms with Gasteiger partial charge in [0.2, 0.25) is 5.91 Å². The predicted octanol–water partition coefficient (Wildman–Crippen LogP) is 3.68. The van der Waals surface area contributed by atoms with Gasteiger partial charge in [-0.15, -0.1) is 0 Å². The van der Waals surface area contributed by atoms with Gasteiger partial charge >= 0.3 is 0 Å². The minimum atomic E-state index is 0.0714. The highest BCUT2D eigenvalue weighted by molar-refractivity contribution is 6.33. The van der Waals surface area contributed by atoms with E-state index in [1.54, 1.807) is 6.07 Å². The Morgan fingerprint density at radius 2 is 1.82 bits per heavy atom. The van der Waals surface area contributed by atoms with Crippen molar-refractivity contribution in [2.45, 2.75) is 0 Å². The number of carbonyl (C=O) groups is 1. The molecule has 1 heterocycles. The zero-order chi connectivity index (χ0) is 15.4. The molecule has 0 bridgehead atoms. The van der Waals surface area contributed by atoms with Gasteiger partial charge in [0, 0.05) is 13.1 Å². The number of hydrogen-bond acceptors (Lipinski definition) is 2. The van der Waals surface area contributed by atoms with E-state index in [0.29, 0.717) is 18.1 Å². The molecule has 0 unspecified atom stereocenters. The van der Waals surface area contributed by atoms with Gasteiger partial charge in [0.25, 0.3) is 0 Å². The third-order valence-electron chi connectivity index (χ3n) is 3.72. The van der Waals surface area contributed by atoms with Crippen LogP contribution in [0.4, 0.5) is 5.69 Å². The molecule has 0 spiro atoms. The number of anilines is 1. The summed E-state index contributed by atoms with van der Waals surface area (Å²) in [5, 5.41) is 3.72. The first-order valence-corrected chi connectivity index (χ1v) is 7.62. The van der Waals surface area contributed by atoms with Crippen molar-refractivity contribution in [3.63, 3.8) is 0 Å². The summed E-state index contributed by atoms with van der Waals surface area (Å²) in [5.41, 5.74) is 3.16. The zero-order valence-corrected chi connectivity index (χ0v) is 12.9. The van der Waals surface area contributed by atoms with E-state index in [0.717, 1.165) is 5.69 Å². The van der Waals surface area contributed by atoms with E-state index in [-0.39, 0.29) is 12.5 Å². The van der Waals surface area contributed by atoms with Crippen LogP contribution in [-0.2, 0) is 4.79 Å². The van der Waals surface area contributed by atoms with Gasteiger partial charge in [-0.2, -0.15) is 0 Å². The lowest BCUT2D eigenvalue weighted by atomic mass is 10.1. The largest absolute Gasteiger partial charge is 0.375 e. The van der Waals surface area contributed by atoms with Crippen molar-refractivity contribution in [3.05, 3.63) is 71.3 Å². The van der Waals surface area contributed by atoms with E-state index in [2.05, 4.69) is 23.5 Å². The number of nitrogens with zero attached hydrogens (tertiary/aromatic N) is 1. The van der Waals surface area contributed by atoms with Crippen molar-refractivity contribution in [2.75, 3.05) is 25.0 Å². The molecule has 0 aliphatic carbocycles. The van der Waals surface area contributed by atoms with Crippen molar-refractivity contribution >= 4 is 28.8 Å². The first kappa shape index (κ1) is 14.7. The molecule has 3 rings (SSSR count). The van der Waals surface area contributed by atoms with Crippen LogP contribution in [-0.4, -0.2) is 30.4 Å². The molecule has 0 aromatic heterocycles. The van der Waals surface area contributed by atoms with Crippen LogP contribution in [0.1, 0.15) is 5.56 Å². The van der Waals surface area contributed by atoms with Crippen molar-refractivity contribution in [3.8, 4) is 0 Å². The summed E-state index contributed by atoms with van der Waals surface area (Å²) in [5.74, 6) is 0.0714. The maximum atomic E-state index is 12.3. The maximum absolute atomic E-state index is 12.3. The van der Waals surface area contributed by atoms with Gasteiger partial charge in [-0.1, -0.05) is 60.1 Å². The number of para-hydroxylation sites is 1. The molecule has 112 valence electrons. The SMILES string of the molecule is O=C(CNc1ccccc1Cl)N1CC=C(c2ccccc2)C1. The molecule has 1 aliphatic rings. The Balaban J connectivity index is 1.56. The molecule has 0 fully saturated rings. The van der Waals surface area contributed by atoms with E-state index >= 15 is 0 Å². The molecule has 2 aromatic carbocycles. The fourth-order valence-corrected chi connectivity index (χ4v) is 2.70. The van der Waals surface area contributed by atoms with Gasteiger partial charge in [-0.25, -0.2) is 0 Å². The summed E-state index contributed by atoms with van der Waals surface area (Å²) in [4.78, 5) is 14.1. The summed E-state index contributed by atoms with van der Waals surface area (Å²) in [7, 11) is 0. The third-order valence-corrected chi connectivity index (χ3v) is 4.05. The Kier molecular flexibility index (Phi) is 4.45. The normalized spacial score (nSPS) is 13.9. The number of amides is 1. The first-order chi connectivity index (χ1) is 10.7. The monoisotopic (exact) mass is 312 g/mol. The second kappa shape index (κ2) is 6.67. The molecule has 3 nitrogen and oxygen atoms in total. The summed E-state index contributed by atoms with van der Waals surface area (Å²) in [6.45, 7) is 1.57. The summed E-state index contributed by atoms with van der Waals surface area (Å²) in [6, 6.07) is 17.6. The maximum Gasteiger partial charge on any atom is 0.242 e. The van der Waals surface area contributed by atoms with Gasteiger partial charge < -0.3 is 10.2 Å². The molecule has 0 atom stereocenters. The van der Waals surface area contributed by atoms with Crippen LogP contribution in [0.15, 0.2) is 60.7 Å². The van der Waals surface area contributed by atoms with Gasteiger partial charge in [-0.3, -0.25) is 4.79 Å². The number of halogens is 1. The molecule has 0 saturated carbocycles. The van der Waals surface area contributed by atoms with Crippen molar-refractivity contribution in [1.82, 2.24) is 4.90 Å². The second-order valence-electron chi connectivity index (χ2n) is 5.20. The molecule has 22 heavy (non-hydrogen) atoms. The van der Waals surface area contributed by atoms with Crippen molar-refractivity contribution in [1.29, 1.82) is 0 Å². The third kappa shape index (κ3) is 3.31. The molecule has 1 amide bonds. The van der Waals surface area contributed by atoms with Crippen LogP contribution in [0, 0.1) is 0 Å². The molecular formula is C18H17ClN2O. The predicted molar refractivity (Wildman–Crippen MR) is 90.9 cm³/mol. The first-order valence-electron chi connectivity index (χ1n) is 7.24. The standard InChI is InChI=1S/C18H17ClN2O/c19-16-8-4-5-9-17(16)20-12-18(22)21-11-10-15(13-21)14-6-2-1-3-7-14/h1-10,20H,11-13H2. The molecule has 0 radical (unpaired) electrons. The Morgan fingerprint density at radius 3 is 2.59 bits per heavy atom. The molecule has 1 N–H and O–H groups in total. The zero-order valence-electron chi connectivity index (χ0n) is 12.1. The van der Waals surface area contributed by atoms with E-state index in [1.807, 2.05) is 41.3 Å². The van der Waals surface area contributed by atoms with E-state index in [9.17, 15) is 4.79 Å². The quantitative estimate of drug-likeness (QED) is 0.934. The van der Waals surface area contributed by atoms with E-state index in [4.69, 9.17) is 11.6 Å². The number of benzene rings is 2. The Morgan fingerprint density at radius 1 is 1.09 bits per heavy atom. The highest BCUT2D eigenvalue weighted by atomic mass is 35.5. The smallest absolute Gasteiger partial charge is 0.242 e. The van der Waals surface area contributed by atoms with Gasteiger partial charge in [0.1, 0.15) is 0 Å². The lowest BCUT2D eigenvalue weighted by molar-refractivity contribution is -0.127. The molecule has 1 aliphatic heterocycles. The Hall–Kier alpha value is -2.26. The van der Waals surface area contributed by atoms with Crippen LogP contribution >= 0.6 is 11.6 Å².